The molecule has 0 fully saturated rings. The van der Waals surface area contributed by atoms with Gasteiger partial charge in [0.15, 0.2) is 5.11 Å². The summed E-state index contributed by atoms with van der Waals surface area (Å²) >= 11 is 5.48. The lowest BCUT2D eigenvalue weighted by Gasteiger charge is -2.22. The predicted octanol–water partition coefficient (Wildman–Crippen LogP) is 3.84. The molecule has 2 aromatic carbocycles. The average Bonchev–Trinajstić information content (AvgIpc) is 2.55. The minimum absolute atomic E-state index is 0.644. The van der Waals surface area contributed by atoms with Gasteiger partial charge in [-0.1, -0.05) is 12.1 Å². The van der Waals surface area contributed by atoms with E-state index in [1.165, 1.54) is 5.56 Å². The molecule has 0 spiro atoms. The second kappa shape index (κ2) is 7.83. The number of nitrogens with zero attached hydrogens (tertiary/aromatic N) is 1. The lowest BCUT2D eigenvalue weighted by Crippen LogP contribution is -2.30. The zero-order chi connectivity index (χ0) is 16.8. The highest BCUT2D eigenvalue weighted by atomic mass is 32.1. The van der Waals surface area contributed by atoms with Crippen molar-refractivity contribution in [2.75, 3.05) is 26.6 Å². The van der Waals surface area contributed by atoms with Crippen molar-refractivity contribution in [2.45, 2.75) is 13.5 Å². The number of methoxy groups -OCH3 is 2. The fourth-order valence-corrected chi connectivity index (χ4v) is 2.43. The van der Waals surface area contributed by atoms with E-state index in [2.05, 4.69) is 24.4 Å². The van der Waals surface area contributed by atoms with Crippen molar-refractivity contribution < 1.29 is 9.47 Å². The lowest BCUT2D eigenvalue weighted by molar-refractivity contribution is 0.384. The number of benzene rings is 2. The van der Waals surface area contributed by atoms with E-state index >= 15 is 0 Å². The Morgan fingerprint density at radius 2 is 1.91 bits per heavy atom. The van der Waals surface area contributed by atoms with Crippen LogP contribution in [0.2, 0.25) is 0 Å². The Hall–Kier alpha value is -2.27. The first kappa shape index (κ1) is 17.1. The van der Waals surface area contributed by atoms with Crippen molar-refractivity contribution in [2.24, 2.45) is 0 Å². The summed E-state index contributed by atoms with van der Waals surface area (Å²) in [5.74, 6) is 1.56. The van der Waals surface area contributed by atoms with Crippen LogP contribution in [0.1, 0.15) is 11.1 Å². The molecule has 0 saturated carbocycles. The van der Waals surface area contributed by atoms with Crippen molar-refractivity contribution in [1.29, 1.82) is 0 Å². The molecule has 23 heavy (non-hydrogen) atoms. The molecule has 0 aromatic heterocycles. The van der Waals surface area contributed by atoms with Crippen LogP contribution in [0, 0.1) is 6.92 Å². The van der Waals surface area contributed by atoms with Gasteiger partial charge in [-0.25, -0.2) is 0 Å². The van der Waals surface area contributed by atoms with Gasteiger partial charge in [0.05, 0.1) is 14.2 Å². The van der Waals surface area contributed by atoms with Crippen molar-refractivity contribution in [3.63, 3.8) is 0 Å². The molecule has 0 saturated heterocycles. The SMILES string of the molecule is COc1ccc(CN(C)C(=S)Nc2cccc(C)c2)c(OC)c1. The quantitative estimate of drug-likeness (QED) is 0.843. The lowest BCUT2D eigenvalue weighted by atomic mass is 10.2. The maximum Gasteiger partial charge on any atom is 0.173 e. The van der Waals surface area contributed by atoms with Gasteiger partial charge < -0.3 is 19.7 Å². The van der Waals surface area contributed by atoms with Gasteiger partial charge in [-0.15, -0.1) is 0 Å². The number of rotatable bonds is 5. The molecule has 0 bridgehead atoms. The first-order valence-corrected chi connectivity index (χ1v) is 7.74. The molecule has 122 valence electrons. The predicted molar refractivity (Wildman–Crippen MR) is 98.4 cm³/mol. The molecule has 0 radical (unpaired) electrons. The fraction of sp³-hybridized carbons (Fsp3) is 0.278. The van der Waals surface area contributed by atoms with E-state index in [1.54, 1.807) is 14.2 Å². The molecular weight excluding hydrogens is 308 g/mol. The summed E-state index contributed by atoms with van der Waals surface area (Å²) < 4.78 is 10.7. The molecule has 2 rings (SSSR count). The van der Waals surface area contributed by atoms with Gasteiger partial charge in [-0.3, -0.25) is 0 Å². The Morgan fingerprint density at radius 3 is 2.57 bits per heavy atom. The minimum Gasteiger partial charge on any atom is -0.497 e. The van der Waals surface area contributed by atoms with E-state index in [-0.39, 0.29) is 0 Å². The Labute approximate surface area is 143 Å². The molecule has 2 aromatic rings. The Balaban J connectivity index is 2.06. The first-order valence-electron chi connectivity index (χ1n) is 7.33. The van der Waals surface area contributed by atoms with Crippen molar-refractivity contribution in [3.05, 3.63) is 53.6 Å². The van der Waals surface area contributed by atoms with E-state index < -0.39 is 0 Å². The van der Waals surface area contributed by atoms with Gasteiger partial charge in [0.25, 0.3) is 0 Å². The van der Waals surface area contributed by atoms with Gasteiger partial charge in [-0.05, 0) is 49.0 Å². The first-order chi connectivity index (χ1) is 11.0. The molecule has 0 unspecified atom stereocenters. The summed E-state index contributed by atoms with van der Waals surface area (Å²) in [4.78, 5) is 1.97. The van der Waals surface area contributed by atoms with Gasteiger partial charge in [0, 0.05) is 30.9 Å². The summed E-state index contributed by atoms with van der Waals surface area (Å²) in [5, 5.41) is 3.92. The third-order valence-corrected chi connectivity index (χ3v) is 3.93. The average molecular weight is 330 g/mol. The number of anilines is 1. The Morgan fingerprint density at radius 1 is 1.13 bits per heavy atom. The minimum atomic E-state index is 0.644. The van der Waals surface area contributed by atoms with Crippen molar-refractivity contribution >= 4 is 23.0 Å². The van der Waals surface area contributed by atoms with Gasteiger partial charge >= 0.3 is 0 Å². The molecule has 1 N–H and O–H groups in total. The summed E-state index contributed by atoms with van der Waals surface area (Å²) in [5.41, 5.74) is 3.23. The molecule has 4 nitrogen and oxygen atoms in total. The standard InChI is InChI=1S/C18H22N2O2S/c1-13-6-5-7-15(10-13)19-18(23)20(2)12-14-8-9-16(21-3)11-17(14)22-4/h5-11H,12H2,1-4H3,(H,19,23). The smallest absolute Gasteiger partial charge is 0.173 e. The van der Waals surface area contributed by atoms with Gasteiger partial charge in [0.1, 0.15) is 11.5 Å². The van der Waals surface area contributed by atoms with Crippen LogP contribution in [0.15, 0.2) is 42.5 Å². The van der Waals surface area contributed by atoms with Crippen molar-refractivity contribution in [3.8, 4) is 11.5 Å². The van der Waals surface area contributed by atoms with Crippen molar-refractivity contribution in [1.82, 2.24) is 4.90 Å². The van der Waals surface area contributed by atoms with Gasteiger partial charge in [-0.2, -0.15) is 0 Å². The molecule has 0 heterocycles. The van der Waals surface area contributed by atoms with Crippen LogP contribution in [0.4, 0.5) is 5.69 Å². The van der Waals surface area contributed by atoms with Crippen LogP contribution in [-0.2, 0) is 6.54 Å². The second-order valence-electron chi connectivity index (χ2n) is 5.33. The number of thiocarbonyl (C=S) groups is 1. The topological polar surface area (TPSA) is 33.7 Å². The molecule has 0 aliphatic heterocycles. The van der Waals surface area contributed by atoms with Crippen LogP contribution >= 0.6 is 12.2 Å². The van der Waals surface area contributed by atoms with E-state index in [4.69, 9.17) is 21.7 Å². The maximum absolute atomic E-state index is 5.48. The number of nitrogens with one attached hydrogen (secondary N) is 1. The van der Waals surface area contributed by atoms with E-state index in [0.717, 1.165) is 22.7 Å². The number of ether oxygens (including phenoxy) is 2. The summed E-state index contributed by atoms with van der Waals surface area (Å²) in [6, 6.07) is 13.9. The summed E-state index contributed by atoms with van der Waals surface area (Å²) in [7, 11) is 5.25. The molecule has 0 atom stereocenters. The zero-order valence-electron chi connectivity index (χ0n) is 13.9. The van der Waals surface area contributed by atoms with E-state index in [9.17, 15) is 0 Å². The summed E-state index contributed by atoms with van der Waals surface area (Å²) in [6.07, 6.45) is 0. The zero-order valence-corrected chi connectivity index (χ0v) is 14.7. The third kappa shape index (κ3) is 4.60. The molecular formula is C18H22N2O2S. The molecule has 0 amide bonds. The maximum atomic E-state index is 5.48. The summed E-state index contributed by atoms with van der Waals surface area (Å²) in [6.45, 7) is 2.70. The highest BCUT2D eigenvalue weighted by molar-refractivity contribution is 7.80. The largest absolute Gasteiger partial charge is 0.497 e. The monoisotopic (exact) mass is 330 g/mol. The fourth-order valence-electron chi connectivity index (χ4n) is 2.25. The Bertz CT molecular complexity index is 688. The molecule has 0 aliphatic carbocycles. The normalized spacial score (nSPS) is 10.1. The molecule has 0 aliphatic rings. The van der Waals surface area contributed by atoms with E-state index in [0.29, 0.717) is 11.7 Å². The van der Waals surface area contributed by atoms with Crippen LogP contribution in [0.25, 0.3) is 0 Å². The van der Waals surface area contributed by atoms with E-state index in [1.807, 2.05) is 42.3 Å². The van der Waals surface area contributed by atoms with Crippen LogP contribution in [-0.4, -0.2) is 31.3 Å². The second-order valence-corrected chi connectivity index (χ2v) is 5.72. The van der Waals surface area contributed by atoms with Gasteiger partial charge in [0.2, 0.25) is 0 Å². The number of hydrogen-bond acceptors (Lipinski definition) is 3. The van der Waals surface area contributed by atoms with Crippen LogP contribution < -0.4 is 14.8 Å². The van der Waals surface area contributed by atoms with Crippen LogP contribution in [0.3, 0.4) is 0 Å². The third-order valence-electron chi connectivity index (χ3n) is 3.52. The highest BCUT2D eigenvalue weighted by Gasteiger charge is 2.10. The highest BCUT2D eigenvalue weighted by Crippen LogP contribution is 2.25. The Kier molecular flexibility index (Phi) is 5.82. The number of hydrogen-bond donors (Lipinski definition) is 1. The number of aryl methyl sites for hydroxylation is 1. The molecule has 5 heteroatoms. The van der Waals surface area contributed by atoms with Crippen LogP contribution in [0.5, 0.6) is 11.5 Å².